The first-order valence-electron chi connectivity index (χ1n) is 5.71. The van der Waals surface area contributed by atoms with Gasteiger partial charge < -0.3 is 9.72 Å². The van der Waals surface area contributed by atoms with Crippen LogP contribution in [0, 0.1) is 13.8 Å². The molecule has 1 N–H and O–H groups in total. The van der Waals surface area contributed by atoms with Crippen LogP contribution in [-0.4, -0.2) is 37.9 Å². The third kappa shape index (κ3) is 1.95. The third-order valence-electron chi connectivity index (χ3n) is 3.19. The highest BCUT2D eigenvalue weighted by atomic mass is 32.2. The second-order valence-electron chi connectivity index (χ2n) is 4.35. The zero-order valence-electron chi connectivity index (χ0n) is 10.4. The summed E-state index contributed by atoms with van der Waals surface area (Å²) in [5.74, 6) is 0.528. The highest BCUT2D eigenvalue weighted by Gasteiger charge is 2.32. The Hall–Kier alpha value is -1.01. The molecule has 0 bridgehead atoms. The van der Waals surface area contributed by atoms with Gasteiger partial charge in [-0.3, -0.25) is 0 Å². The Morgan fingerprint density at radius 3 is 2.29 bits per heavy atom. The summed E-state index contributed by atoms with van der Waals surface area (Å²) in [4.78, 5) is 3.34. The number of H-pyrrole nitrogens is 1. The molecule has 96 valence electrons. The Bertz CT molecular complexity index is 513. The monoisotopic (exact) mass is 258 g/mol. The summed E-state index contributed by atoms with van der Waals surface area (Å²) in [5.41, 5.74) is 1.31. The summed E-state index contributed by atoms with van der Waals surface area (Å²) in [6, 6.07) is 0. The number of hydrogen-bond donors (Lipinski definition) is 1. The van der Waals surface area contributed by atoms with E-state index in [2.05, 4.69) is 4.98 Å². The molecule has 0 amide bonds. The first-order valence-corrected chi connectivity index (χ1v) is 7.15. The molecule has 1 aromatic rings. The van der Waals surface area contributed by atoms with Crippen LogP contribution < -0.4 is 4.74 Å². The van der Waals surface area contributed by atoms with E-state index in [-0.39, 0.29) is 0 Å². The Morgan fingerprint density at radius 2 is 1.82 bits per heavy atom. The van der Waals surface area contributed by atoms with Crippen LogP contribution in [0.5, 0.6) is 5.88 Å². The van der Waals surface area contributed by atoms with Gasteiger partial charge in [0, 0.05) is 24.3 Å². The van der Waals surface area contributed by atoms with Crippen molar-refractivity contribution in [2.45, 2.75) is 31.6 Å². The van der Waals surface area contributed by atoms with E-state index in [1.54, 1.807) is 18.2 Å². The van der Waals surface area contributed by atoms with Gasteiger partial charge >= 0.3 is 0 Å². The van der Waals surface area contributed by atoms with E-state index >= 15 is 0 Å². The average Bonchev–Trinajstić information content (AvgIpc) is 2.86. The fourth-order valence-electron chi connectivity index (χ4n) is 2.35. The van der Waals surface area contributed by atoms with Crippen LogP contribution in [-0.2, 0) is 10.0 Å². The molecule has 1 aliphatic rings. The molecule has 0 saturated carbocycles. The number of nitrogens with zero attached hydrogens (tertiary/aromatic N) is 1. The molecule has 5 nitrogen and oxygen atoms in total. The molecule has 0 radical (unpaired) electrons. The van der Waals surface area contributed by atoms with Gasteiger partial charge in [0.15, 0.2) is 5.88 Å². The smallest absolute Gasteiger partial charge is 0.245 e. The second-order valence-corrected chi connectivity index (χ2v) is 6.22. The molecule has 0 unspecified atom stereocenters. The lowest BCUT2D eigenvalue weighted by Crippen LogP contribution is -2.28. The number of nitrogens with one attached hydrogen (secondary N) is 1. The minimum atomic E-state index is -3.37. The molecule has 1 saturated heterocycles. The first kappa shape index (κ1) is 12.4. The zero-order chi connectivity index (χ0) is 12.6. The SMILES string of the molecule is COc1[nH]c(C)c(S(=O)(=O)N2CCCC2)c1C. The standard InChI is InChI=1S/C11H18N2O3S/c1-8-10(9(2)12-11(8)16-3)17(14,15)13-6-4-5-7-13/h12H,4-7H2,1-3H3. The fourth-order valence-corrected chi connectivity index (χ4v) is 4.27. The molecule has 0 aromatic carbocycles. The van der Waals surface area contributed by atoms with Crippen molar-refractivity contribution in [1.29, 1.82) is 0 Å². The van der Waals surface area contributed by atoms with Crippen molar-refractivity contribution >= 4 is 10.0 Å². The predicted molar refractivity (Wildman–Crippen MR) is 64.8 cm³/mol. The Labute approximate surface area is 102 Å². The molecule has 17 heavy (non-hydrogen) atoms. The fraction of sp³-hybridized carbons (Fsp3) is 0.636. The van der Waals surface area contributed by atoms with Gasteiger partial charge in [0.25, 0.3) is 0 Å². The number of hydrogen-bond acceptors (Lipinski definition) is 3. The maximum absolute atomic E-state index is 12.5. The highest BCUT2D eigenvalue weighted by Crippen LogP contribution is 2.31. The van der Waals surface area contributed by atoms with Crippen molar-refractivity contribution < 1.29 is 13.2 Å². The normalized spacial score (nSPS) is 17.6. The minimum Gasteiger partial charge on any atom is -0.482 e. The molecule has 0 atom stereocenters. The van der Waals surface area contributed by atoms with Crippen molar-refractivity contribution in [1.82, 2.24) is 9.29 Å². The molecular weight excluding hydrogens is 240 g/mol. The van der Waals surface area contributed by atoms with Crippen LogP contribution in [0.25, 0.3) is 0 Å². The minimum absolute atomic E-state index is 0.372. The van der Waals surface area contributed by atoms with Gasteiger partial charge in [-0.05, 0) is 26.7 Å². The van der Waals surface area contributed by atoms with Gasteiger partial charge in [-0.25, -0.2) is 8.42 Å². The lowest BCUT2D eigenvalue weighted by atomic mass is 10.3. The summed E-state index contributed by atoms with van der Waals surface area (Å²) in [6.45, 7) is 4.77. The van der Waals surface area contributed by atoms with E-state index in [9.17, 15) is 8.42 Å². The molecule has 2 heterocycles. The third-order valence-corrected chi connectivity index (χ3v) is 5.36. The van der Waals surface area contributed by atoms with E-state index in [0.717, 1.165) is 12.8 Å². The first-order chi connectivity index (χ1) is 7.98. The van der Waals surface area contributed by atoms with Crippen molar-refractivity contribution in [3.05, 3.63) is 11.3 Å². The van der Waals surface area contributed by atoms with Crippen molar-refractivity contribution in [2.75, 3.05) is 20.2 Å². The zero-order valence-corrected chi connectivity index (χ0v) is 11.2. The summed E-state index contributed by atoms with van der Waals surface area (Å²) in [7, 11) is -1.83. The van der Waals surface area contributed by atoms with E-state index in [1.165, 1.54) is 7.11 Å². The van der Waals surface area contributed by atoms with Crippen LogP contribution >= 0.6 is 0 Å². The lowest BCUT2D eigenvalue weighted by molar-refractivity contribution is 0.396. The van der Waals surface area contributed by atoms with Crippen LogP contribution in [0.2, 0.25) is 0 Å². The van der Waals surface area contributed by atoms with Crippen LogP contribution in [0.3, 0.4) is 0 Å². The molecule has 2 rings (SSSR count). The van der Waals surface area contributed by atoms with Crippen LogP contribution in [0.4, 0.5) is 0 Å². The number of rotatable bonds is 3. The highest BCUT2D eigenvalue weighted by molar-refractivity contribution is 7.89. The topological polar surface area (TPSA) is 62.4 Å². The average molecular weight is 258 g/mol. The molecular formula is C11H18N2O3S. The summed E-state index contributed by atoms with van der Waals surface area (Å²) in [5, 5.41) is 0. The van der Waals surface area contributed by atoms with Crippen molar-refractivity contribution in [3.63, 3.8) is 0 Å². The molecule has 1 aliphatic heterocycles. The van der Waals surface area contributed by atoms with E-state index in [0.29, 0.717) is 35.1 Å². The van der Waals surface area contributed by atoms with Gasteiger partial charge in [-0.1, -0.05) is 0 Å². The van der Waals surface area contributed by atoms with E-state index in [1.807, 2.05) is 0 Å². The van der Waals surface area contributed by atoms with Gasteiger partial charge in [-0.15, -0.1) is 0 Å². The van der Waals surface area contributed by atoms with Crippen LogP contribution in [0.1, 0.15) is 24.1 Å². The van der Waals surface area contributed by atoms with Gasteiger partial charge in [0.05, 0.1) is 7.11 Å². The molecule has 1 fully saturated rings. The number of aromatic amines is 1. The van der Waals surface area contributed by atoms with Gasteiger partial charge in [-0.2, -0.15) is 4.31 Å². The van der Waals surface area contributed by atoms with Crippen LogP contribution in [0.15, 0.2) is 4.90 Å². The number of methoxy groups -OCH3 is 1. The number of aryl methyl sites for hydroxylation is 1. The largest absolute Gasteiger partial charge is 0.482 e. The molecule has 0 aliphatic carbocycles. The number of aromatic nitrogens is 1. The summed E-state index contributed by atoms with van der Waals surface area (Å²) < 4.78 is 31.6. The molecule has 0 spiro atoms. The number of sulfonamides is 1. The quantitative estimate of drug-likeness (QED) is 0.892. The molecule has 6 heteroatoms. The van der Waals surface area contributed by atoms with E-state index in [4.69, 9.17) is 4.74 Å². The number of ether oxygens (including phenoxy) is 1. The molecule has 1 aromatic heterocycles. The Kier molecular flexibility index (Phi) is 3.18. The van der Waals surface area contributed by atoms with Gasteiger partial charge in [0.2, 0.25) is 10.0 Å². The maximum Gasteiger partial charge on any atom is 0.245 e. The van der Waals surface area contributed by atoms with Crippen molar-refractivity contribution in [3.8, 4) is 5.88 Å². The Balaban J connectivity index is 2.49. The maximum atomic E-state index is 12.5. The Morgan fingerprint density at radius 1 is 1.24 bits per heavy atom. The van der Waals surface area contributed by atoms with Crippen molar-refractivity contribution in [2.24, 2.45) is 0 Å². The lowest BCUT2D eigenvalue weighted by Gasteiger charge is -2.15. The van der Waals surface area contributed by atoms with E-state index < -0.39 is 10.0 Å². The summed E-state index contributed by atoms with van der Waals surface area (Å²) in [6.07, 6.45) is 1.89. The summed E-state index contributed by atoms with van der Waals surface area (Å²) >= 11 is 0. The predicted octanol–water partition coefficient (Wildman–Crippen LogP) is 1.42. The van der Waals surface area contributed by atoms with Gasteiger partial charge in [0.1, 0.15) is 4.90 Å². The second kappa shape index (κ2) is 4.34.